The summed E-state index contributed by atoms with van der Waals surface area (Å²) < 4.78 is 26.4. The molecule has 0 saturated carbocycles. The topological polar surface area (TPSA) is 124 Å². The second-order valence-corrected chi connectivity index (χ2v) is 6.76. The van der Waals surface area contributed by atoms with Crippen LogP contribution in [0.25, 0.3) is 0 Å². The van der Waals surface area contributed by atoms with E-state index in [9.17, 15) is 13.2 Å². The minimum Gasteiger partial charge on any atom is -0.476 e. The summed E-state index contributed by atoms with van der Waals surface area (Å²) in [6.07, 6.45) is 1.41. The predicted molar refractivity (Wildman–Crippen MR) is 68.9 cm³/mol. The van der Waals surface area contributed by atoms with Crippen LogP contribution in [0.2, 0.25) is 0 Å². The van der Waals surface area contributed by atoms with Gasteiger partial charge in [0.05, 0.1) is 5.69 Å². The summed E-state index contributed by atoms with van der Waals surface area (Å²) in [6, 6.07) is 0. The van der Waals surface area contributed by atoms with Gasteiger partial charge < -0.3 is 10.2 Å². The van der Waals surface area contributed by atoms with Gasteiger partial charge in [0.25, 0.3) is 0 Å². The van der Waals surface area contributed by atoms with Gasteiger partial charge >= 0.3 is 5.97 Å². The average molecular weight is 303 g/mol. The lowest BCUT2D eigenvalue weighted by molar-refractivity contribution is 0.0685. The summed E-state index contributed by atoms with van der Waals surface area (Å²) >= 11 is 0. The normalized spacial score (nSPS) is 21.0. The van der Waals surface area contributed by atoms with Crippen LogP contribution in [-0.4, -0.2) is 58.8 Å². The van der Waals surface area contributed by atoms with Gasteiger partial charge in [-0.2, -0.15) is 9.40 Å². The van der Waals surface area contributed by atoms with Crippen LogP contribution in [-0.2, 0) is 10.0 Å². The molecule has 1 aromatic rings. The molecule has 112 valence electrons. The van der Waals surface area contributed by atoms with Crippen LogP contribution in [0.4, 0.5) is 0 Å². The van der Waals surface area contributed by atoms with Gasteiger partial charge in [-0.15, -0.1) is 0 Å². The van der Waals surface area contributed by atoms with Gasteiger partial charge in [-0.1, -0.05) is 0 Å². The highest BCUT2D eigenvalue weighted by Gasteiger charge is 2.35. The quantitative estimate of drug-likeness (QED) is 0.708. The zero-order valence-electron chi connectivity index (χ0n) is 11.0. The Labute approximate surface area is 116 Å². The molecule has 0 aromatic carbocycles. The molecule has 3 N–H and O–H groups in total. The molecule has 2 rings (SSSR count). The van der Waals surface area contributed by atoms with Crippen molar-refractivity contribution < 1.29 is 23.4 Å². The van der Waals surface area contributed by atoms with Gasteiger partial charge in [0.15, 0.2) is 5.69 Å². The number of aliphatic hydroxyl groups excluding tert-OH is 1. The van der Waals surface area contributed by atoms with E-state index >= 15 is 0 Å². The zero-order chi connectivity index (χ0) is 14.9. The molecular formula is C11H17N3O5S. The minimum atomic E-state index is -3.92. The number of piperidine rings is 1. The number of carbonyl (C=O) groups is 1. The maximum atomic E-state index is 12.6. The Hall–Kier alpha value is -1.45. The number of rotatable bonds is 4. The molecule has 0 amide bonds. The number of carboxylic acids is 1. The third kappa shape index (κ3) is 2.56. The minimum absolute atomic E-state index is 0.0812. The average Bonchev–Trinajstić information content (AvgIpc) is 2.81. The molecule has 0 radical (unpaired) electrons. The SMILES string of the molecule is Cc1[nH]nc(C(=O)O)c1S(=O)(=O)N1CCCC(CO)C1. The van der Waals surface area contributed by atoms with Crippen molar-refractivity contribution in [1.82, 2.24) is 14.5 Å². The number of hydrogen-bond donors (Lipinski definition) is 3. The maximum Gasteiger partial charge on any atom is 0.357 e. The first kappa shape index (κ1) is 14.9. The van der Waals surface area contributed by atoms with Crippen molar-refractivity contribution in [2.45, 2.75) is 24.7 Å². The summed E-state index contributed by atoms with van der Waals surface area (Å²) in [7, 11) is -3.92. The van der Waals surface area contributed by atoms with E-state index in [4.69, 9.17) is 10.2 Å². The number of aromatic nitrogens is 2. The fourth-order valence-electron chi connectivity index (χ4n) is 2.40. The summed E-state index contributed by atoms with van der Waals surface area (Å²) in [5.41, 5.74) is -0.290. The number of nitrogens with one attached hydrogen (secondary N) is 1. The van der Waals surface area contributed by atoms with E-state index in [1.165, 1.54) is 11.2 Å². The van der Waals surface area contributed by atoms with Gasteiger partial charge in [0, 0.05) is 19.7 Å². The van der Waals surface area contributed by atoms with E-state index in [-0.39, 0.29) is 29.7 Å². The molecule has 0 aliphatic carbocycles. The highest BCUT2D eigenvalue weighted by molar-refractivity contribution is 7.89. The maximum absolute atomic E-state index is 12.6. The summed E-state index contributed by atoms with van der Waals surface area (Å²) in [4.78, 5) is 10.8. The molecule has 2 heterocycles. The van der Waals surface area contributed by atoms with E-state index in [2.05, 4.69) is 10.2 Å². The second kappa shape index (κ2) is 5.51. The molecule has 0 spiro atoms. The van der Waals surface area contributed by atoms with Gasteiger partial charge in [0.1, 0.15) is 4.90 Å². The Kier molecular flexibility index (Phi) is 4.11. The molecule has 1 fully saturated rings. The largest absolute Gasteiger partial charge is 0.476 e. The lowest BCUT2D eigenvalue weighted by Crippen LogP contribution is -2.41. The molecule has 1 saturated heterocycles. The van der Waals surface area contributed by atoms with Crippen molar-refractivity contribution in [1.29, 1.82) is 0 Å². The number of carboxylic acid groups (broad SMARTS) is 1. The fourth-order valence-corrected chi connectivity index (χ4v) is 4.25. The van der Waals surface area contributed by atoms with E-state index < -0.39 is 21.7 Å². The first-order valence-corrected chi connectivity index (χ1v) is 7.71. The van der Waals surface area contributed by atoms with Crippen molar-refractivity contribution in [3.63, 3.8) is 0 Å². The Bertz CT molecular complexity index is 610. The number of H-pyrrole nitrogens is 1. The predicted octanol–water partition coefficient (Wildman–Crippen LogP) is -0.191. The number of aromatic amines is 1. The second-order valence-electron chi connectivity index (χ2n) is 4.89. The number of hydrogen-bond acceptors (Lipinski definition) is 5. The lowest BCUT2D eigenvalue weighted by atomic mass is 10.0. The number of aliphatic hydroxyl groups is 1. The van der Waals surface area contributed by atoms with Crippen LogP contribution in [0.3, 0.4) is 0 Å². The van der Waals surface area contributed by atoms with Gasteiger partial charge in [-0.3, -0.25) is 5.10 Å². The first-order chi connectivity index (χ1) is 9.37. The lowest BCUT2D eigenvalue weighted by Gasteiger charge is -2.30. The summed E-state index contributed by atoms with van der Waals surface area (Å²) in [5, 5.41) is 24.1. The Balaban J connectivity index is 2.40. The highest BCUT2D eigenvalue weighted by Crippen LogP contribution is 2.26. The van der Waals surface area contributed by atoms with Crippen LogP contribution >= 0.6 is 0 Å². The number of sulfonamides is 1. The van der Waals surface area contributed by atoms with Crippen LogP contribution in [0.15, 0.2) is 4.90 Å². The molecule has 20 heavy (non-hydrogen) atoms. The van der Waals surface area contributed by atoms with Crippen molar-refractivity contribution >= 4 is 16.0 Å². The molecule has 1 aliphatic heterocycles. The Morgan fingerprint density at radius 1 is 1.55 bits per heavy atom. The summed E-state index contributed by atoms with van der Waals surface area (Å²) in [6.45, 7) is 1.91. The van der Waals surface area contributed by atoms with Crippen molar-refractivity contribution in [3.05, 3.63) is 11.4 Å². The van der Waals surface area contributed by atoms with Gasteiger partial charge in [-0.05, 0) is 25.7 Å². The first-order valence-electron chi connectivity index (χ1n) is 6.27. The number of aryl methyl sites for hydroxylation is 1. The van der Waals surface area contributed by atoms with Crippen LogP contribution in [0.1, 0.15) is 29.0 Å². The van der Waals surface area contributed by atoms with E-state index in [1.807, 2.05) is 0 Å². The molecule has 1 aliphatic rings. The van der Waals surface area contributed by atoms with Crippen LogP contribution in [0, 0.1) is 12.8 Å². The van der Waals surface area contributed by atoms with Gasteiger partial charge in [0.2, 0.25) is 10.0 Å². The monoisotopic (exact) mass is 303 g/mol. The molecule has 8 nitrogen and oxygen atoms in total. The van der Waals surface area contributed by atoms with Crippen molar-refractivity contribution in [3.8, 4) is 0 Å². The van der Waals surface area contributed by atoms with Crippen LogP contribution in [0.5, 0.6) is 0 Å². The number of nitrogens with zero attached hydrogens (tertiary/aromatic N) is 2. The zero-order valence-corrected chi connectivity index (χ0v) is 11.9. The Morgan fingerprint density at radius 3 is 2.85 bits per heavy atom. The van der Waals surface area contributed by atoms with Gasteiger partial charge in [-0.25, -0.2) is 13.2 Å². The standard InChI is InChI=1S/C11H17N3O5S/c1-7-10(9(11(16)17)13-12-7)20(18,19)14-4-2-3-8(5-14)6-15/h8,15H,2-6H2,1H3,(H,12,13)(H,16,17). The molecular weight excluding hydrogens is 286 g/mol. The molecule has 1 aromatic heterocycles. The van der Waals surface area contributed by atoms with Crippen molar-refractivity contribution in [2.24, 2.45) is 5.92 Å². The molecule has 0 bridgehead atoms. The number of aromatic carboxylic acids is 1. The fraction of sp³-hybridized carbons (Fsp3) is 0.636. The van der Waals surface area contributed by atoms with Crippen LogP contribution < -0.4 is 0 Å². The third-order valence-electron chi connectivity index (χ3n) is 3.43. The smallest absolute Gasteiger partial charge is 0.357 e. The van der Waals surface area contributed by atoms with E-state index in [0.717, 1.165) is 6.42 Å². The third-order valence-corrected chi connectivity index (χ3v) is 5.46. The molecule has 1 unspecified atom stereocenters. The van der Waals surface area contributed by atoms with E-state index in [1.54, 1.807) is 0 Å². The molecule has 9 heteroatoms. The van der Waals surface area contributed by atoms with E-state index in [0.29, 0.717) is 13.0 Å². The Morgan fingerprint density at radius 2 is 2.25 bits per heavy atom. The van der Waals surface area contributed by atoms with Crippen molar-refractivity contribution in [2.75, 3.05) is 19.7 Å². The molecule has 1 atom stereocenters. The highest BCUT2D eigenvalue weighted by atomic mass is 32.2. The summed E-state index contributed by atoms with van der Waals surface area (Å²) in [5.74, 6) is -1.50.